The number of nitriles is 1. The van der Waals surface area contributed by atoms with Crippen molar-refractivity contribution < 1.29 is 4.74 Å². The van der Waals surface area contributed by atoms with Crippen molar-refractivity contribution in [3.63, 3.8) is 0 Å². The summed E-state index contributed by atoms with van der Waals surface area (Å²) in [7, 11) is 0. The van der Waals surface area contributed by atoms with Gasteiger partial charge in [0.05, 0.1) is 6.61 Å². The summed E-state index contributed by atoms with van der Waals surface area (Å²) in [4.78, 5) is 4.30. The molecule has 0 unspecified atom stereocenters. The largest absolute Gasteiger partial charge is 0.476 e. The average Bonchev–Trinajstić information content (AvgIpc) is 2.38. The van der Waals surface area contributed by atoms with Crippen LogP contribution in [0.4, 0.5) is 0 Å². The normalized spacial score (nSPS) is 23.4. The zero-order chi connectivity index (χ0) is 13.0. The quantitative estimate of drug-likeness (QED) is 0.818. The van der Waals surface area contributed by atoms with Crippen LogP contribution in [0, 0.1) is 30.1 Å². The summed E-state index contributed by atoms with van der Waals surface area (Å²) in [5, 5.41) is 9.01. The Morgan fingerprint density at radius 3 is 2.72 bits per heavy atom. The molecule has 96 valence electrons. The molecule has 0 amide bonds. The Morgan fingerprint density at radius 2 is 2.06 bits per heavy atom. The maximum atomic E-state index is 9.01. The maximum absolute atomic E-state index is 9.01. The van der Waals surface area contributed by atoms with E-state index >= 15 is 0 Å². The third kappa shape index (κ3) is 3.22. The van der Waals surface area contributed by atoms with Gasteiger partial charge in [-0.15, -0.1) is 0 Å². The molecule has 0 aliphatic heterocycles. The van der Waals surface area contributed by atoms with Gasteiger partial charge in [-0.2, -0.15) is 5.26 Å². The van der Waals surface area contributed by atoms with Crippen LogP contribution in [0.2, 0.25) is 0 Å². The topological polar surface area (TPSA) is 45.9 Å². The fourth-order valence-electron chi connectivity index (χ4n) is 2.42. The summed E-state index contributed by atoms with van der Waals surface area (Å²) in [5.41, 5.74) is 1.42. The molecule has 18 heavy (non-hydrogen) atoms. The first-order valence-electron chi connectivity index (χ1n) is 6.69. The van der Waals surface area contributed by atoms with E-state index in [-0.39, 0.29) is 0 Å². The lowest BCUT2D eigenvalue weighted by Crippen LogP contribution is -2.19. The van der Waals surface area contributed by atoms with Crippen molar-refractivity contribution in [2.24, 2.45) is 11.8 Å². The predicted octanol–water partition coefficient (Wildman–Crippen LogP) is 3.47. The highest BCUT2D eigenvalue weighted by Gasteiger charge is 2.19. The van der Waals surface area contributed by atoms with Crippen LogP contribution in [0.15, 0.2) is 12.1 Å². The van der Waals surface area contributed by atoms with Gasteiger partial charge in [-0.25, -0.2) is 4.98 Å². The Balaban J connectivity index is 1.94. The van der Waals surface area contributed by atoms with E-state index in [1.54, 1.807) is 6.07 Å². The van der Waals surface area contributed by atoms with Crippen LogP contribution in [-0.4, -0.2) is 11.6 Å². The second kappa shape index (κ2) is 5.86. The van der Waals surface area contributed by atoms with Gasteiger partial charge in [0.2, 0.25) is 5.88 Å². The molecule has 1 aliphatic carbocycles. The van der Waals surface area contributed by atoms with E-state index in [4.69, 9.17) is 10.00 Å². The minimum atomic E-state index is 0.496. The van der Waals surface area contributed by atoms with Crippen LogP contribution in [0.25, 0.3) is 0 Å². The molecule has 0 saturated heterocycles. The minimum absolute atomic E-state index is 0.496. The number of aryl methyl sites for hydroxylation is 1. The number of pyridine rings is 1. The molecule has 1 fully saturated rings. The molecule has 0 radical (unpaired) electrons. The molecule has 1 heterocycles. The van der Waals surface area contributed by atoms with Gasteiger partial charge < -0.3 is 4.74 Å². The van der Waals surface area contributed by atoms with E-state index in [1.165, 1.54) is 25.7 Å². The number of hydrogen-bond donors (Lipinski definition) is 0. The predicted molar refractivity (Wildman–Crippen MR) is 70.3 cm³/mol. The zero-order valence-electron chi connectivity index (χ0n) is 11.1. The van der Waals surface area contributed by atoms with Gasteiger partial charge in [0.25, 0.3) is 0 Å². The first-order valence-corrected chi connectivity index (χ1v) is 6.69. The average molecular weight is 244 g/mol. The molecule has 1 aromatic heterocycles. The van der Waals surface area contributed by atoms with Gasteiger partial charge in [-0.3, -0.25) is 0 Å². The Kier molecular flexibility index (Phi) is 4.19. The van der Waals surface area contributed by atoms with Crippen molar-refractivity contribution in [2.45, 2.75) is 39.5 Å². The third-order valence-corrected chi connectivity index (χ3v) is 3.71. The van der Waals surface area contributed by atoms with Gasteiger partial charge >= 0.3 is 0 Å². The van der Waals surface area contributed by atoms with Crippen molar-refractivity contribution >= 4 is 0 Å². The number of rotatable bonds is 3. The van der Waals surface area contributed by atoms with Crippen molar-refractivity contribution in [1.29, 1.82) is 5.26 Å². The summed E-state index contributed by atoms with van der Waals surface area (Å²) < 4.78 is 5.75. The van der Waals surface area contributed by atoms with Gasteiger partial charge in [-0.1, -0.05) is 19.8 Å². The molecule has 0 bridgehead atoms. The molecule has 0 aromatic carbocycles. The molecule has 0 spiro atoms. The smallest absolute Gasteiger partial charge is 0.231 e. The number of aromatic nitrogens is 1. The van der Waals surface area contributed by atoms with E-state index in [2.05, 4.69) is 18.0 Å². The summed E-state index contributed by atoms with van der Waals surface area (Å²) in [6.07, 6.45) is 5.05. The summed E-state index contributed by atoms with van der Waals surface area (Å²) >= 11 is 0. The Morgan fingerprint density at radius 1 is 1.33 bits per heavy atom. The number of hydrogen-bond acceptors (Lipinski definition) is 3. The monoisotopic (exact) mass is 244 g/mol. The summed E-state index contributed by atoms with van der Waals surface area (Å²) in [6.45, 7) is 4.92. The molecule has 2 rings (SSSR count). The lowest BCUT2D eigenvalue weighted by atomic mass is 9.83. The zero-order valence-corrected chi connectivity index (χ0v) is 11.1. The molecule has 0 atom stereocenters. The Hall–Kier alpha value is -1.56. The van der Waals surface area contributed by atoms with Crippen molar-refractivity contribution in [2.75, 3.05) is 6.61 Å². The molecule has 3 nitrogen and oxygen atoms in total. The maximum Gasteiger partial charge on any atom is 0.231 e. The van der Waals surface area contributed by atoms with E-state index in [0.717, 1.165) is 11.6 Å². The van der Waals surface area contributed by atoms with E-state index in [0.29, 0.717) is 24.0 Å². The second-order valence-corrected chi connectivity index (χ2v) is 5.35. The van der Waals surface area contributed by atoms with Crippen molar-refractivity contribution in [3.05, 3.63) is 23.4 Å². The molecule has 1 aromatic rings. The van der Waals surface area contributed by atoms with E-state index in [1.807, 2.05) is 13.0 Å². The highest BCUT2D eigenvalue weighted by Crippen LogP contribution is 2.29. The second-order valence-electron chi connectivity index (χ2n) is 5.35. The van der Waals surface area contributed by atoms with Crippen LogP contribution >= 0.6 is 0 Å². The molecular weight excluding hydrogens is 224 g/mol. The summed E-state index contributed by atoms with van der Waals surface area (Å²) in [5.74, 6) is 1.97. The Labute approximate surface area is 109 Å². The first-order chi connectivity index (χ1) is 8.69. The van der Waals surface area contributed by atoms with Crippen LogP contribution in [0.1, 0.15) is 43.9 Å². The van der Waals surface area contributed by atoms with Gasteiger partial charge in [0, 0.05) is 5.69 Å². The highest BCUT2D eigenvalue weighted by atomic mass is 16.5. The Bertz CT molecular complexity index is 442. The van der Waals surface area contributed by atoms with E-state index in [9.17, 15) is 0 Å². The summed E-state index contributed by atoms with van der Waals surface area (Å²) in [6, 6.07) is 5.75. The van der Waals surface area contributed by atoms with E-state index < -0.39 is 0 Å². The lowest BCUT2D eigenvalue weighted by molar-refractivity contribution is 0.183. The minimum Gasteiger partial charge on any atom is -0.476 e. The number of nitrogens with zero attached hydrogens (tertiary/aromatic N) is 2. The van der Waals surface area contributed by atoms with Crippen LogP contribution in [-0.2, 0) is 0 Å². The third-order valence-electron chi connectivity index (χ3n) is 3.71. The molecular formula is C15H20N2O. The number of ether oxygens (including phenoxy) is 1. The van der Waals surface area contributed by atoms with Crippen LogP contribution < -0.4 is 4.74 Å². The first kappa shape index (κ1) is 12.9. The fraction of sp³-hybridized carbons (Fsp3) is 0.600. The lowest BCUT2D eigenvalue weighted by Gasteiger charge is -2.25. The fourth-order valence-corrected chi connectivity index (χ4v) is 2.42. The van der Waals surface area contributed by atoms with Gasteiger partial charge in [0.1, 0.15) is 11.6 Å². The molecule has 1 aliphatic rings. The SMILES string of the molecule is Cc1ccc(C#N)c(OCC2CCC(C)CC2)n1. The van der Waals surface area contributed by atoms with Crippen molar-refractivity contribution in [3.8, 4) is 11.9 Å². The molecule has 1 saturated carbocycles. The highest BCUT2D eigenvalue weighted by molar-refractivity contribution is 5.38. The van der Waals surface area contributed by atoms with Gasteiger partial charge in [-0.05, 0) is 43.7 Å². The van der Waals surface area contributed by atoms with Gasteiger partial charge in [0.15, 0.2) is 0 Å². The van der Waals surface area contributed by atoms with Crippen molar-refractivity contribution in [1.82, 2.24) is 4.98 Å². The standard InChI is InChI=1S/C15H20N2O/c1-11-3-6-13(7-4-11)10-18-15-14(9-16)8-5-12(2)17-15/h5,8,11,13H,3-4,6-7,10H2,1-2H3. The van der Waals surface area contributed by atoms with Crippen LogP contribution in [0.3, 0.4) is 0 Å². The molecule has 0 N–H and O–H groups in total. The van der Waals surface area contributed by atoms with Crippen LogP contribution in [0.5, 0.6) is 5.88 Å². The molecule has 3 heteroatoms.